The maximum atomic E-state index is 11.8. The highest BCUT2D eigenvalue weighted by Crippen LogP contribution is 2.09. The van der Waals surface area contributed by atoms with Gasteiger partial charge in [0.2, 0.25) is 5.28 Å². The predicted molar refractivity (Wildman–Crippen MR) is 77.7 cm³/mol. The van der Waals surface area contributed by atoms with Crippen molar-refractivity contribution < 1.29 is 29.2 Å². The van der Waals surface area contributed by atoms with E-state index in [0.29, 0.717) is 0 Å². The van der Waals surface area contributed by atoms with E-state index in [9.17, 15) is 19.9 Å². The summed E-state index contributed by atoms with van der Waals surface area (Å²) < 4.78 is 4.63. The summed E-state index contributed by atoms with van der Waals surface area (Å²) in [4.78, 5) is 26.8. The molecule has 0 amide bonds. The van der Waals surface area contributed by atoms with E-state index < -0.39 is 24.3 Å². The molecule has 126 valence electrons. The summed E-state index contributed by atoms with van der Waals surface area (Å²) in [6.07, 6.45) is -0.949. The number of carbonyl (C=O) groups excluding carboxylic acids is 1. The molecule has 1 aromatic carbocycles. The van der Waals surface area contributed by atoms with Gasteiger partial charge in [-0.25, -0.2) is 4.79 Å². The van der Waals surface area contributed by atoms with Crippen LogP contribution in [0.25, 0.3) is 0 Å². The Balaban J connectivity index is 2.74. The molecular formula is C14H19N3O6. The molecule has 0 heterocycles. The largest absolute Gasteiger partial charge is 0.569 e. The minimum atomic E-state index is -1.18. The minimum Gasteiger partial charge on any atom is -0.569 e. The molecular weight excluding hydrogens is 306 g/mol. The van der Waals surface area contributed by atoms with Crippen molar-refractivity contribution >= 4 is 11.9 Å². The zero-order chi connectivity index (χ0) is 17.4. The van der Waals surface area contributed by atoms with Crippen LogP contribution >= 0.6 is 0 Å². The van der Waals surface area contributed by atoms with Crippen LogP contribution in [0.1, 0.15) is 19.4 Å². The van der Waals surface area contributed by atoms with Gasteiger partial charge in [0.1, 0.15) is 0 Å². The lowest BCUT2D eigenvalue weighted by atomic mass is 10.1. The third kappa shape index (κ3) is 6.20. The highest BCUT2D eigenvalue weighted by atomic mass is 16.8. The second-order valence-electron chi connectivity index (χ2n) is 4.73. The number of likely N-dealkylation sites (N-methyl/N-ethyl adjacent to an activating group) is 1. The van der Waals surface area contributed by atoms with Crippen LogP contribution in [-0.4, -0.2) is 46.4 Å². The van der Waals surface area contributed by atoms with Gasteiger partial charge in [-0.1, -0.05) is 30.3 Å². The SMILES string of the molecule is CC(=O)OC(C)O/N=[N+](\[O-])N(C)[C@@H](Cc1ccccc1)C(=O)O. The molecule has 0 aliphatic heterocycles. The summed E-state index contributed by atoms with van der Waals surface area (Å²) in [5.41, 5.74) is 0.759. The van der Waals surface area contributed by atoms with Crippen LogP contribution in [0.2, 0.25) is 0 Å². The Hall–Kier alpha value is -2.84. The van der Waals surface area contributed by atoms with Crippen molar-refractivity contribution in [3.8, 4) is 0 Å². The molecule has 9 nitrogen and oxygen atoms in total. The van der Waals surface area contributed by atoms with E-state index in [1.54, 1.807) is 24.3 Å². The summed E-state index contributed by atoms with van der Waals surface area (Å²) >= 11 is 0. The van der Waals surface area contributed by atoms with Crippen LogP contribution in [0.5, 0.6) is 0 Å². The van der Waals surface area contributed by atoms with Crippen LogP contribution in [0, 0.1) is 5.21 Å². The standard InChI is InChI=1S/C14H19N3O6/c1-10(18)22-11(2)23-15-17(21)16(3)13(14(19)20)9-12-7-5-4-6-8-12/h4-8,11,13H,9H2,1-3H3,(H,19,20)/b17-15-/t11?,13-/m0/s1. The van der Waals surface area contributed by atoms with Gasteiger partial charge >= 0.3 is 11.9 Å². The fourth-order valence-electron chi connectivity index (χ4n) is 1.76. The zero-order valence-corrected chi connectivity index (χ0v) is 13.1. The third-order valence-corrected chi connectivity index (χ3v) is 2.88. The van der Waals surface area contributed by atoms with E-state index in [1.807, 2.05) is 6.07 Å². The van der Waals surface area contributed by atoms with Crippen molar-refractivity contribution in [2.24, 2.45) is 5.28 Å². The van der Waals surface area contributed by atoms with E-state index in [0.717, 1.165) is 10.6 Å². The van der Waals surface area contributed by atoms with E-state index in [4.69, 9.17) is 0 Å². The summed E-state index contributed by atoms with van der Waals surface area (Å²) in [7, 11) is 1.28. The van der Waals surface area contributed by atoms with E-state index in [2.05, 4.69) is 14.9 Å². The molecule has 2 atom stereocenters. The second-order valence-corrected chi connectivity index (χ2v) is 4.73. The van der Waals surface area contributed by atoms with Crippen LogP contribution in [0.4, 0.5) is 0 Å². The van der Waals surface area contributed by atoms with Gasteiger partial charge in [-0.05, 0) is 5.56 Å². The smallest absolute Gasteiger partial charge is 0.332 e. The molecule has 0 fully saturated rings. The first-order valence-electron chi connectivity index (χ1n) is 6.82. The van der Waals surface area contributed by atoms with Gasteiger partial charge in [0.05, 0.1) is 12.0 Å². The number of hydrogen-bond donors (Lipinski definition) is 1. The van der Waals surface area contributed by atoms with Crippen LogP contribution in [0.3, 0.4) is 0 Å². The number of carboxylic acids is 1. The molecule has 0 bridgehead atoms. The lowest BCUT2D eigenvalue weighted by Gasteiger charge is -2.20. The number of carbonyl (C=O) groups is 2. The number of benzene rings is 1. The first-order chi connectivity index (χ1) is 10.8. The molecule has 0 aromatic heterocycles. The molecule has 0 radical (unpaired) electrons. The highest BCUT2D eigenvalue weighted by Gasteiger charge is 2.29. The second kappa shape index (κ2) is 8.57. The van der Waals surface area contributed by atoms with Crippen molar-refractivity contribution in [1.82, 2.24) is 5.01 Å². The monoisotopic (exact) mass is 325 g/mol. The normalized spacial score (nSPS) is 13.8. The zero-order valence-electron chi connectivity index (χ0n) is 13.1. The average molecular weight is 325 g/mol. The Kier molecular flexibility index (Phi) is 6.78. The van der Waals surface area contributed by atoms with Crippen LogP contribution < -0.4 is 0 Å². The highest BCUT2D eigenvalue weighted by molar-refractivity contribution is 5.73. The maximum absolute atomic E-state index is 11.8. The number of hydrazine groups is 1. The van der Waals surface area contributed by atoms with Gasteiger partial charge < -0.3 is 15.1 Å². The van der Waals surface area contributed by atoms with Crippen LogP contribution in [0.15, 0.2) is 35.6 Å². The molecule has 1 aromatic rings. The number of ether oxygens (including phenoxy) is 1. The first kappa shape index (κ1) is 18.2. The number of aliphatic carboxylic acids is 1. The summed E-state index contributed by atoms with van der Waals surface area (Å²) in [5, 5.41) is 25.2. The topological polar surface area (TPSA) is 114 Å². The Labute approximate surface area is 133 Å². The number of hydrogen-bond acceptors (Lipinski definition) is 6. The average Bonchev–Trinajstić information content (AvgIpc) is 2.49. The molecule has 0 aliphatic rings. The van der Waals surface area contributed by atoms with Gasteiger partial charge in [-0.15, -0.1) is 5.01 Å². The van der Waals surface area contributed by atoms with E-state index >= 15 is 0 Å². The molecule has 1 N–H and O–H groups in total. The quantitative estimate of drug-likeness (QED) is 0.252. The number of rotatable bonds is 8. The lowest BCUT2D eigenvalue weighted by molar-refractivity contribution is -0.712. The molecule has 0 spiro atoms. The third-order valence-electron chi connectivity index (χ3n) is 2.88. The molecule has 1 unspecified atom stereocenters. The molecule has 0 saturated heterocycles. The van der Waals surface area contributed by atoms with E-state index in [-0.39, 0.29) is 11.4 Å². The van der Waals surface area contributed by atoms with E-state index in [1.165, 1.54) is 20.9 Å². The summed E-state index contributed by atoms with van der Waals surface area (Å²) in [6, 6.07) is 7.74. The summed E-state index contributed by atoms with van der Waals surface area (Å²) in [6.45, 7) is 2.55. The Morgan fingerprint density at radius 2 is 2.00 bits per heavy atom. The lowest BCUT2D eigenvalue weighted by Crippen LogP contribution is -2.44. The van der Waals surface area contributed by atoms with Crippen molar-refractivity contribution in [1.29, 1.82) is 0 Å². The summed E-state index contributed by atoms with van der Waals surface area (Å²) in [5.74, 6) is -1.77. The van der Waals surface area contributed by atoms with Gasteiger partial charge in [0, 0.05) is 20.3 Å². The van der Waals surface area contributed by atoms with Gasteiger partial charge in [-0.2, -0.15) is 0 Å². The number of esters is 1. The molecule has 0 aliphatic carbocycles. The van der Waals surface area contributed by atoms with Crippen molar-refractivity contribution in [2.75, 3.05) is 7.05 Å². The van der Waals surface area contributed by atoms with Gasteiger partial charge in [0.25, 0.3) is 6.29 Å². The molecule has 23 heavy (non-hydrogen) atoms. The molecule has 0 saturated carbocycles. The van der Waals surface area contributed by atoms with Crippen LogP contribution in [-0.2, 0) is 25.6 Å². The Morgan fingerprint density at radius 1 is 1.39 bits per heavy atom. The number of nitrogens with zero attached hydrogens (tertiary/aromatic N) is 3. The fraction of sp³-hybridized carbons (Fsp3) is 0.429. The molecule has 9 heteroatoms. The first-order valence-corrected chi connectivity index (χ1v) is 6.82. The van der Waals surface area contributed by atoms with Gasteiger partial charge in [-0.3, -0.25) is 9.63 Å². The van der Waals surface area contributed by atoms with Gasteiger partial charge in [0.15, 0.2) is 6.04 Å². The predicted octanol–water partition coefficient (Wildman–Crippen LogP) is 1.33. The van der Waals surface area contributed by atoms with Crippen molar-refractivity contribution in [2.45, 2.75) is 32.6 Å². The Bertz CT molecular complexity index is 563. The minimum absolute atomic E-state index is 0.00171. The number of carboxylic acid groups (broad SMARTS) is 1. The Morgan fingerprint density at radius 3 is 2.52 bits per heavy atom. The van der Waals surface area contributed by atoms with Crippen molar-refractivity contribution in [3.05, 3.63) is 41.1 Å². The maximum Gasteiger partial charge on any atom is 0.332 e. The van der Waals surface area contributed by atoms with Crippen molar-refractivity contribution in [3.63, 3.8) is 0 Å². The fourth-order valence-corrected chi connectivity index (χ4v) is 1.76. The molecule has 1 rings (SSSR count).